The standard InChI is InChI=1S/C12H18N2OS2/c1-8(2)14(7-10-5-4-6-17-10)12(15)9(3)11(13)16/h4-6,8-9H,7H2,1-3H3,(H2,13,16). The largest absolute Gasteiger partial charge is 0.393 e. The number of thiophene rings is 1. The Balaban J connectivity index is 2.79. The summed E-state index contributed by atoms with van der Waals surface area (Å²) < 4.78 is 0. The number of thiocarbonyl (C=S) groups is 1. The Kier molecular flexibility index (Phi) is 5.08. The monoisotopic (exact) mass is 270 g/mol. The lowest BCUT2D eigenvalue weighted by Crippen LogP contribution is -2.43. The summed E-state index contributed by atoms with van der Waals surface area (Å²) in [5.74, 6) is -0.395. The van der Waals surface area contributed by atoms with Gasteiger partial charge in [0.25, 0.3) is 0 Å². The van der Waals surface area contributed by atoms with E-state index in [4.69, 9.17) is 18.0 Å². The molecule has 1 unspecified atom stereocenters. The summed E-state index contributed by atoms with van der Waals surface area (Å²) in [5, 5.41) is 2.01. The zero-order valence-corrected chi connectivity index (χ0v) is 12.0. The third kappa shape index (κ3) is 3.78. The summed E-state index contributed by atoms with van der Waals surface area (Å²) in [6.07, 6.45) is 0. The molecule has 0 aliphatic heterocycles. The number of rotatable bonds is 5. The van der Waals surface area contributed by atoms with E-state index >= 15 is 0 Å². The second-order valence-electron chi connectivity index (χ2n) is 4.26. The Hall–Kier alpha value is -0.940. The van der Waals surface area contributed by atoms with Crippen LogP contribution >= 0.6 is 23.6 Å². The van der Waals surface area contributed by atoms with Gasteiger partial charge in [-0.2, -0.15) is 0 Å². The van der Waals surface area contributed by atoms with E-state index in [1.54, 1.807) is 18.3 Å². The third-order valence-corrected chi connectivity index (χ3v) is 3.82. The van der Waals surface area contributed by atoms with Crippen molar-refractivity contribution in [1.29, 1.82) is 0 Å². The first-order valence-corrected chi connectivity index (χ1v) is 6.84. The van der Waals surface area contributed by atoms with Gasteiger partial charge in [0.2, 0.25) is 5.91 Å². The molecule has 1 amide bonds. The Morgan fingerprint density at radius 3 is 2.59 bits per heavy atom. The highest BCUT2D eigenvalue weighted by Crippen LogP contribution is 2.16. The molecule has 0 fully saturated rings. The molecular formula is C12H18N2OS2. The fraction of sp³-hybridized carbons (Fsp3) is 0.500. The van der Waals surface area contributed by atoms with Gasteiger partial charge in [0.1, 0.15) is 0 Å². The van der Waals surface area contributed by atoms with Crippen LogP contribution < -0.4 is 5.73 Å². The summed E-state index contributed by atoms with van der Waals surface area (Å²) in [4.78, 5) is 15.5. The molecule has 0 bridgehead atoms. The Morgan fingerprint density at radius 1 is 1.53 bits per heavy atom. The lowest BCUT2D eigenvalue weighted by atomic mass is 10.1. The summed E-state index contributed by atoms with van der Waals surface area (Å²) in [6.45, 7) is 6.38. The Bertz CT molecular complexity index is 387. The van der Waals surface area contributed by atoms with Gasteiger partial charge >= 0.3 is 0 Å². The average molecular weight is 270 g/mol. The molecule has 1 heterocycles. The average Bonchev–Trinajstić information content (AvgIpc) is 2.76. The minimum absolute atomic E-state index is 0.000833. The molecule has 3 nitrogen and oxygen atoms in total. The van der Waals surface area contributed by atoms with Crippen molar-refractivity contribution in [2.24, 2.45) is 11.7 Å². The summed E-state index contributed by atoms with van der Waals surface area (Å²) in [7, 11) is 0. The molecule has 0 aromatic carbocycles. The third-order valence-electron chi connectivity index (χ3n) is 2.61. The molecule has 1 aromatic heterocycles. The number of hydrogen-bond donors (Lipinski definition) is 1. The van der Waals surface area contributed by atoms with Crippen LogP contribution in [0.4, 0.5) is 0 Å². The Labute approximate surface area is 112 Å². The quantitative estimate of drug-likeness (QED) is 0.836. The number of amides is 1. The zero-order chi connectivity index (χ0) is 13.0. The van der Waals surface area contributed by atoms with Gasteiger partial charge in [-0.1, -0.05) is 18.3 Å². The van der Waals surface area contributed by atoms with E-state index < -0.39 is 5.92 Å². The normalized spacial score (nSPS) is 12.5. The van der Waals surface area contributed by atoms with E-state index in [-0.39, 0.29) is 16.9 Å². The molecule has 0 spiro atoms. The van der Waals surface area contributed by atoms with Crippen LogP contribution in [0.25, 0.3) is 0 Å². The van der Waals surface area contributed by atoms with E-state index in [2.05, 4.69) is 0 Å². The van der Waals surface area contributed by atoms with Crippen LogP contribution in [0, 0.1) is 5.92 Å². The van der Waals surface area contributed by atoms with Crippen LogP contribution in [-0.2, 0) is 11.3 Å². The topological polar surface area (TPSA) is 46.3 Å². The van der Waals surface area contributed by atoms with Crippen LogP contribution in [0.1, 0.15) is 25.6 Å². The van der Waals surface area contributed by atoms with Crippen molar-refractivity contribution in [3.8, 4) is 0 Å². The van der Waals surface area contributed by atoms with Crippen LogP contribution in [0.2, 0.25) is 0 Å². The fourth-order valence-electron chi connectivity index (χ4n) is 1.46. The van der Waals surface area contributed by atoms with Gasteiger partial charge in [-0.25, -0.2) is 0 Å². The molecule has 17 heavy (non-hydrogen) atoms. The van der Waals surface area contributed by atoms with Gasteiger partial charge in [-0.3, -0.25) is 4.79 Å². The van der Waals surface area contributed by atoms with Gasteiger partial charge in [0.05, 0.1) is 17.5 Å². The van der Waals surface area contributed by atoms with Crippen molar-refractivity contribution in [1.82, 2.24) is 4.90 Å². The second-order valence-corrected chi connectivity index (χ2v) is 5.77. The zero-order valence-electron chi connectivity index (χ0n) is 10.3. The van der Waals surface area contributed by atoms with Crippen molar-refractivity contribution in [2.45, 2.75) is 33.4 Å². The van der Waals surface area contributed by atoms with E-state index in [1.165, 1.54) is 4.88 Å². The van der Waals surface area contributed by atoms with Crippen LogP contribution in [0.5, 0.6) is 0 Å². The summed E-state index contributed by atoms with van der Waals surface area (Å²) in [6, 6.07) is 4.15. The molecule has 0 aliphatic carbocycles. The second kappa shape index (κ2) is 6.12. The van der Waals surface area contributed by atoms with Crippen molar-refractivity contribution < 1.29 is 4.79 Å². The van der Waals surface area contributed by atoms with Gasteiger partial charge in [-0.15, -0.1) is 11.3 Å². The van der Waals surface area contributed by atoms with Crippen molar-refractivity contribution in [3.05, 3.63) is 22.4 Å². The van der Waals surface area contributed by atoms with Crippen molar-refractivity contribution in [3.63, 3.8) is 0 Å². The maximum absolute atomic E-state index is 12.2. The molecule has 2 N–H and O–H groups in total. The van der Waals surface area contributed by atoms with Gasteiger partial charge in [0, 0.05) is 10.9 Å². The van der Waals surface area contributed by atoms with Crippen LogP contribution in [-0.4, -0.2) is 21.8 Å². The predicted octanol–water partition coefficient (Wildman–Crippen LogP) is 2.41. The minimum atomic E-state index is -0.396. The maximum Gasteiger partial charge on any atom is 0.232 e. The van der Waals surface area contributed by atoms with Crippen LogP contribution in [0.3, 0.4) is 0 Å². The number of hydrogen-bond acceptors (Lipinski definition) is 3. The lowest BCUT2D eigenvalue weighted by Gasteiger charge is -2.28. The van der Waals surface area contributed by atoms with Crippen molar-refractivity contribution >= 4 is 34.5 Å². The number of carbonyl (C=O) groups is 1. The van der Waals surface area contributed by atoms with E-state index in [1.807, 2.05) is 36.3 Å². The molecule has 1 rings (SSSR count). The first-order chi connectivity index (χ1) is 7.93. The summed E-state index contributed by atoms with van der Waals surface area (Å²) in [5.41, 5.74) is 5.53. The molecule has 0 aliphatic rings. The molecule has 1 aromatic rings. The molecule has 1 atom stereocenters. The van der Waals surface area contributed by atoms with E-state index in [0.29, 0.717) is 6.54 Å². The fourth-order valence-corrected chi connectivity index (χ4v) is 2.26. The van der Waals surface area contributed by atoms with Crippen LogP contribution in [0.15, 0.2) is 17.5 Å². The first kappa shape index (κ1) is 14.1. The van der Waals surface area contributed by atoms with Crippen molar-refractivity contribution in [2.75, 3.05) is 0 Å². The van der Waals surface area contributed by atoms with Gasteiger partial charge in [-0.05, 0) is 32.2 Å². The highest BCUT2D eigenvalue weighted by Gasteiger charge is 2.24. The molecule has 5 heteroatoms. The van der Waals surface area contributed by atoms with Gasteiger partial charge in [0.15, 0.2) is 0 Å². The maximum atomic E-state index is 12.2. The number of carbonyl (C=O) groups excluding carboxylic acids is 1. The SMILES string of the molecule is CC(C(=O)N(Cc1cccs1)C(C)C)C(N)=S. The molecule has 0 saturated carbocycles. The highest BCUT2D eigenvalue weighted by atomic mass is 32.1. The predicted molar refractivity (Wildman–Crippen MR) is 76.0 cm³/mol. The highest BCUT2D eigenvalue weighted by molar-refractivity contribution is 7.80. The molecular weight excluding hydrogens is 252 g/mol. The summed E-state index contributed by atoms with van der Waals surface area (Å²) >= 11 is 6.53. The van der Waals surface area contributed by atoms with E-state index in [9.17, 15) is 4.79 Å². The molecule has 94 valence electrons. The number of nitrogens with zero attached hydrogens (tertiary/aromatic N) is 1. The number of nitrogens with two attached hydrogens (primary N) is 1. The van der Waals surface area contributed by atoms with Gasteiger partial charge < -0.3 is 10.6 Å². The first-order valence-electron chi connectivity index (χ1n) is 5.55. The lowest BCUT2D eigenvalue weighted by molar-refractivity contribution is -0.135. The Morgan fingerprint density at radius 2 is 2.18 bits per heavy atom. The smallest absolute Gasteiger partial charge is 0.232 e. The minimum Gasteiger partial charge on any atom is -0.393 e. The molecule has 0 saturated heterocycles. The van der Waals surface area contributed by atoms with E-state index in [0.717, 1.165) is 0 Å². The molecule has 0 radical (unpaired) electrons.